The fraction of sp³-hybridized carbons (Fsp3) is 0.0980. The lowest BCUT2D eigenvalue weighted by atomic mass is 9.94. The van der Waals surface area contributed by atoms with Crippen molar-refractivity contribution in [1.29, 1.82) is 0 Å². The Morgan fingerprint density at radius 2 is 1.25 bits per heavy atom. The minimum atomic E-state index is -0.105. The molecule has 12 rings (SSSR count). The van der Waals surface area contributed by atoms with Gasteiger partial charge in [-0.1, -0.05) is 115 Å². The van der Waals surface area contributed by atoms with E-state index in [4.69, 9.17) is 4.42 Å². The van der Waals surface area contributed by atoms with Crippen molar-refractivity contribution in [3.05, 3.63) is 187 Å². The fourth-order valence-electron chi connectivity index (χ4n) is 9.34. The standard InChI is InChI=1S/C51H38N4OS/c1-3-12-31(13-4-1)49-52-50(32-14-5-2-6-15-32)54-51(53-49)38-18-11-21-45-48(38)41-29-33(22-25-44(41)56-45)34-23-26-46-39(28-34)40-30-35(24-27-47(40)57-46)55-42-19-9-7-16-36(42)37-17-8-10-20-43(37)55/h1-14,16-30,32,49-54H,15H2. The van der Waals surface area contributed by atoms with Gasteiger partial charge in [-0.3, -0.25) is 16.0 Å². The maximum atomic E-state index is 6.56. The smallest absolute Gasteiger partial charge is 0.135 e. The molecule has 0 saturated carbocycles. The number of benzene rings is 7. The highest BCUT2D eigenvalue weighted by atomic mass is 32.1. The predicted molar refractivity (Wildman–Crippen MR) is 238 cm³/mol. The van der Waals surface area contributed by atoms with Crippen LogP contribution in [0.1, 0.15) is 29.9 Å². The number of allylic oxidation sites excluding steroid dienone is 3. The van der Waals surface area contributed by atoms with Gasteiger partial charge in [0.15, 0.2) is 0 Å². The van der Waals surface area contributed by atoms with Crippen molar-refractivity contribution >= 4 is 75.3 Å². The number of para-hydroxylation sites is 2. The van der Waals surface area contributed by atoms with Crippen LogP contribution in [0.3, 0.4) is 0 Å². The largest absolute Gasteiger partial charge is 0.456 e. The Morgan fingerprint density at radius 1 is 0.544 bits per heavy atom. The number of hydrogen-bond acceptors (Lipinski definition) is 5. The van der Waals surface area contributed by atoms with Gasteiger partial charge in [-0.05, 0) is 89.3 Å². The molecule has 2 aliphatic rings. The van der Waals surface area contributed by atoms with Crippen molar-refractivity contribution in [3.8, 4) is 16.8 Å². The summed E-state index contributed by atoms with van der Waals surface area (Å²) in [6.07, 6.45) is 9.82. The van der Waals surface area contributed by atoms with Crippen LogP contribution in [0.5, 0.6) is 0 Å². The van der Waals surface area contributed by atoms with Gasteiger partial charge in [0.25, 0.3) is 0 Å². The molecule has 10 aromatic rings. The zero-order valence-corrected chi connectivity index (χ0v) is 31.8. The second-order valence-electron chi connectivity index (χ2n) is 15.4. The van der Waals surface area contributed by atoms with Crippen LogP contribution in [0, 0.1) is 5.92 Å². The first-order valence-electron chi connectivity index (χ1n) is 19.8. The molecule has 57 heavy (non-hydrogen) atoms. The van der Waals surface area contributed by atoms with Crippen LogP contribution in [-0.2, 0) is 0 Å². The molecule has 1 saturated heterocycles. The molecule has 1 aliphatic heterocycles. The van der Waals surface area contributed by atoms with Gasteiger partial charge in [0, 0.05) is 53.3 Å². The monoisotopic (exact) mass is 754 g/mol. The van der Waals surface area contributed by atoms with Crippen LogP contribution < -0.4 is 16.0 Å². The third-order valence-corrected chi connectivity index (χ3v) is 13.2. The summed E-state index contributed by atoms with van der Waals surface area (Å²) in [6.45, 7) is 0. The first-order valence-corrected chi connectivity index (χ1v) is 20.6. The van der Waals surface area contributed by atoms with E-state index in [1.807, 2.05) is 11.3 Å². The molecule has 4 unspecified atom stereocenters. The number of nitrogens with one attached hydrogen (secondary N) is 3. The second kappa shape index (κ2) is 13.2. The molecule has 0 amide bonds. The van der Waals surface area contributed by atoms with E-state index in [1.165, 1.54) is 69.9 Å². The van der Waals surface area contributed by atoms with E-state index in [0.29, 0.717) is 5.92 Å². The lowest BCUT2D eigenvalue weighted by molar-refractivity contribution is 0.171. The van der Waals surface area contributed by atoms with Crippen LogP contribution >= 0.6 is 11.3 Å². The third-order valence-electron chi connectivity index (χ3n) is 12.1. The van der Waals surface area contributed by atoms with Gasteiger partial charge < -0.3 is 8.98 Å². The Balaban J connectivity index is 0.963. The van der Waals surface area contributed by atoms with E-state index < -0.39 is 0 Å². The summed E-state index contributed by atoms with van der Waals surface area (Å²) < 4.78 is 11.6. The second-order valence-corrected chi connectivity index (χ2v) is 16.4. The fourth-order valence-corrected chi connectivity index (χ4v) is 10.4. The first kappa shape index (κ1) is 32.9. The Labute approximate surface area is 333 Å². The van der Waals surface area contributed by atoms with Gasteiger partial charge in [0.2, 0.25) is 0 Å². The third kappa shape index (κ3) is 5.41. The number of fused-ring (bicyclic) bond motifs is 9. The van der Waals surface area contributed by atoms with Gasteiger partial charge in [-0.25, -0.2) is 0 Å². The molecular formula is C51H38N4OS. The molecule has 274 valence electrons. The highest BCUT2D eigenvalue weighted by Crippen LogP contribution is 2.42. The molecule has 0 radical (unpaired) electrons. The summed E-state index contributed by atoms with van der Waals surface area (Å²) in [6, 6.07) is 55.1. The van der Waals surface area contributed by atoms with Crippen molar-refractivity contribution in [2.45, 2.75) is 24.9 Å². The Morgan fingerprint density at radius 3 is 2.04 bits per heavy atom. The maximum Gasteiger partial charge on any atom is 0.135 e. The van der Waals surface area contributed by atoms with Crippen molar-refractivity contribution in [2.24, 2.45) is 5.92 Å². The molecule has 1 fully saturated rings. The molecular weight excluding hydrogens is 717 g/mol. The van der Waals surface area contributed by atoms with Gasteiger partial charge in [0.05, 0.1) is 29.5 Å². The van der Waals surface area contributed by atoms with Crippen molar-refractivity contribution in [3.63, 3.8) is 0 Å². The lowest BCUT2D eigenvalue weighted by Crippen LogP contribution is -2.61. The highest BCUT2D eigenvalue weighted by molar-refractivity contribution is 7.25. The Hall–Kier alpha value is -6.28. The lowest BCUT2D eigenvalue weighted by Gasteiger charge is -2.42. The van der Waals surface area contributed by atoms with Crippen molar-refractivity contribution in [2.75, 3.05) is 0 Å². The van der Waals surface area contributed by atoms with Crippen molar-refractivity contribution in [1.82, 2.24) is 20.5 Å². The highest BCUT2D eigenvalue weighted by Gasteiger charge is 2.33. The van der Waals surface area contributed by atoms with Gasteiger partial charge in [-0.2, -0.15) is 0 Å². The Kier molecular flexibility index (Phi) is 7.60. The Bertz CT molecular complexity index is 3190. The number of thiophene rings is 1. The predicted octanol–water partition coefficient (Wildman–Crippen LogP) is 12.7. The van der Waals surface area contributed by atoms with E-state index in [9.17, 15) is 0 Å². The number of rotatable bonds is 5. The average Bonchev–Trinajstić information content (AvgIpc) is 3.95. The molecule has 1 aliphatic carbocycles. The molecule has 3 aromatic heterocycles. The number of furan rings is 1. The molecule has 0 spiro atoms. The van der Waals surface area contributed by atoms with E-state index in [0.717, 1.165) is 28.4 Å². The summed E-state index contributed by atoms with van der Waals surface area (Å²) in [4.78, 5) is 0. The molecule has 7 aromatic carbocycles. The van der Waals surface area contributed by atoms with Gasteiger partial charge in [-0.15, -0.1) is 11.3 Å². The van der Waals surface area contributed by atoms with Crippen LogP contribution in [0.15, 0.2) is 180 Å². The zero-order valence-electron chi connectivity index (χ0n) is 31.0. The number of hydrogen-bond donors (Lipinski definition) is 3. The van der Waals surface area contributed by atoms with E-state index in [1.54, 1.807) is 0 Å². The molecule has 6 heteroatoms. The summed E-state index contributed by atoms with van der Waals surface area (Å²) in [5, 5.41) is 19.1. The summed E-state index contributed by atoms with van der Waals surface area (Å²) in [5.74, 6) is 0.332. The average molecular weight is 755 g/mol. The van der Waals surface area contributed by atoms with E-state index >= 15 is 0 Å². The van der Waals surface area contributed by atoms with Crippen LogP contribution in [0.4, 0.5) is 0 Å². The molecule has 0 bridgehead atoms. The number of nitrogens with zero attached hydrogens (tertiary/aromatic N) is 1. The summed E-state index contributed by atoms with van der Waals surface area (Å²) in [7, 11) is 0. The van der Waals surface area contributed by atoms with Crippen LogP contribution in [-0.4, -0.2) is 10.7 Å². The van der Waals surface area contributed by atoms with Crippen LogP contribution in [0.2, 0.25) is 0 Å². The molecule has 3 N–H and O–H groups in total. The molecule has 4 heterocycles. The molecule has 5 nitrogen and oxygen atoms in total. The van der Waals surface area contributed by atoms with Gasteiger partial charge >= 0.3 is 0 Å². The summed E-state index contributed by atoms with van der Waals surface area (Å²) in [5.41, 5.74) is 10.2. The normalized spacial score (nSPS) is 19.9. The minimum Gasteiger partial charge on any atom is -0.456 e. The quantitative estimate of drug-likeness (QED) is 0.164. The minimum absolute atomic E-state index is 0.0200. The number of aromatic nitrogens is 1. The van der Waals surface area contributed by atoms with Crippen molar-refractivity contribution < 1.29 is 4.42 Å². The zero-order chi connectivity index (χ0) is 37.5. The molecule has 4 atom stereocenters. The first-order chi connectivity index (χ1) is 28.2. The van der Waals surface area contributed by atoms with Crippen LogP contribution in [0.25, 0.3) is 80.7 Å². The summed E-state index contributed by atoms with van der Waals surface area (Å²) >= 11 is 1.86. The van der Waals surface area contributed by atoms with E-state index in [2.05, 4.69) is 196 Å². The maximum absolute atomic E-state index is 6.56. The van der Waals surface area contributed by atoms with Gasteiger partial charge in [0.1, 0.15) is 11.2 Å². The van der Waals surface area contributed by atoms with E-state index in [-0.39, 0.29) is 18.5 Å². The SMILES string of the molecule is C1=CCC(C2NC(c3ccccc3)NC(c3cccc4oc5ccc(-c6ccc7sc8ccc(-n9c%10ccccc%10c%10ccccc%109)cc8c7c6)cc5c34)N2)C=C1. The topological polar surface area (TPSA) is 54.2 Å².